The number of esters is 1. The van der Waals surface area contributed by atoms with Crippen LogP contribution in [0, 0.1) is 6.92 Å². The molecule has 1 aliphatic rings. The van der Waals surface area contributed by atoms with Crippen LogP contribution in [0.25, 0.3) is 11.1 Å². The number of hydrogen-bond acceptors (Lipinski definition) is 7. The summed E-state index contributed by atoms with van der Waals surface area (Å²) >= 11 is 0. The molecule has 0 spiro atoms. The largest absolute Gasteiger partial charge is 0.491 e. The smallest absolute Gasteiger partial charge is 0.338 e. The molecule has 0 saturated carbocycles. The van der Waals surface area contributed by atoms with E-state index in [0.29, 0.717) is 5.56 Å². The molecule has 4 rings (SSSR count). The van der Waals surface area contributed by atoms with E-state index in [-0.39, 0.29) is 12.2 Å². The minimum absolute atomic E-state index is 0.273. The van der Waals surface area contributed by atoms with E-state index in [4.69, 9.17) is 14.2 Å². The number of benzene rings is 2. The summed E-state index contributed by atoms with van der Waals surface area (Å²) < 4.78 is 17.7. The number of aliphatic hydroxyl groups excluding tert-OH is 1. The molecule has 0 radical (unpaired) electrons. The Kier molecular flexibility index (Phi) is 6.76. The lowest BCUT2D eigenvalue weighted by molar-refractivity contribution is -0.0612. The summed E-state index contributed by atoms with van der Waals surface area (Å²) in [5, 5.41) is 10.7. The Morgan fingerprint density at radius 2 is 1.82 bits per heavy atom. The fourth-order valence-electron chi connectivity index (χ4n) is 3.78. The third-order valence-corrected chi connectivity index (χ3v) is 5.59. The van der Waals surface area contributed by atoms with E-state index >= 15 is 0 Å². The van der Waals surface area contributed by atoms with Crippen LogP contribution in [-0.2, 0) is 14.2 Å². The summed E-state index contributed by atoms with van der Waals surface area (Å²) in [6.07, 6.45) is -1.83. The van der Waals surface area contributed by atoms with E-state index in [2.05, 4.69) is 11.6 Å². The first kappa shape index (κ1) is 23.2. The van der Waals surface area contributed by atoms with Crippen molar-refractivity contribution in [2.75, 3.05) is 6.61 Å². The Morgan fingerprint density at radius 1 is 1.15 bits per heavy atom. The third-order valence-electron chi connectivity index (χ3n) is 5.59. The highest BCUT2D eigenvalue weighted by atomic mass is 16.6. The van der Waals surface area contributed by atoms with Gasteiger partial charge in [0.2, 0.25) is 0 Å². The Hall–Kier alpha value is -3.95. The standard InChI is InChI=1S/C25H24N2O7/c1-3-32-21-20(28)19(34-23(21)27-13-15(2)22(29)26-25(27)31)14-33-24(30)18-11-9-17(10-12-18)16-7-5-4-6-8-16/h3-13,19-21,23,28H,1,14H2,2H3,(H,26,29,31)/t19-,20-,21-,23-/m1/s1. The van der Waals surface area contributed by atoms with Crippen molar-refractivity contribution in [2.45, 2.75) is 31.5 Å². The van der Waals surface area contributed by atoms with E-state index in [1.807, 2.05) is 42.5 Å². The lowest BCUT2D eigenvalue weighted by atomic mass is 10.0. The van der Waals surface area contributed by atoms with Crippen LogP contribution >= 0.6 is 0 Å². The van der Waals surface area contributed by atoms with Crippen molar-refractivity contribution in [3.8, 4) is 11.1 Å². The third kappa shape index (κ3) is 4.70. The van der Waals surface area contributed by atoms with Crippen LogP contribution in [0.3, 0.4) is 0 Å². The quantitative estimate of drug-likeness (QED) is 0.406. The predicted molar refractivity (Wildman–Crippen MR) is 123 cm³/mol. The number of hydrogen-bond donors (Lipinski definition) is 2. The molecular weight excluding hydrogens is 440 g/mol. The van der Waals surface area contributed by atoms with Crippen molar-refractivity contribution in [2.24, 2.45) is 0 Å². The molecule has 9 heteroatoms. The molecule has 0 unspecified atom stereocenters. The molecule has 0 amide bonds. The van der Waals surface area contributed by atoms with Gasteiger partial charge in [-0.2, -0.15) is 0 Å². The van der Waals surface area contributed by atoms with Crippen molar-refractivity contribution in [3.63, 3.8) is 0 Å². The molecule has 34 heavy (non-hydrogen) atoms. The second kappa shape index (κ2) is 9.90. The first-order valence-electron chi connectivity index (χ1n) is 10.6. The average molecular weight is 464 g/mol. The summed E-state index contributed by atoms with van der Waals surface area (Å²) in [6.45, 7) is 4.75. The molecule has 2 aromatic carbocycles. The number of aromatic nitrogens is 2. The Balaban J connectivity index is 1.46. The topological polar surface area (TPSA) is 120 Å². The van der Waals surface area contributed by atoms with Crippen molar-refractivity contribution < 1.29 is 24.1 Å². The lowest BCUT2D eigenvalue weighted by Crippen LogP contribution is -2.39. The Bertz CT molecular complexity index is 1280. The first-order chi connectivity index (χ1) is 16.4. The number of aliphatic hydroxyl groups is 1. The van der Waals surface area contributed by atoms with Crippen LogP contribution in [0.4, 0.5) is 0 Å². The number of carbonyl (C=O) groups is 1. The lowest BCUT2D eigenvalue weighted by Gasteiger charge is -2.21. The number of aryl methyl sites for hydroxylation is 1. The molecule has 0 aliphatic carbocycles. The fourth-order valence-corrected chi connectivity index (χ4v) is 3.78. The highest BCUT2D eigenvalue weighted by molar-refractivity contribution is 5.90. The van der Waals surface area contributed by atoms with Crippen molar-refractivity contribution in [3.05, 3.63) is 106 Å². The van der Waals surface area contributed by atoms with Gasteiger partial charge < -0.3 is 19.3 Å². The van der Waals surface area contributed by atoms with Gasteiger partial charge in [0.1, 0.15) is 18.8 Å². The maximum absolute atomic E-state index is 12.5. The molecule has 2 heterocycles. The maximum atomic E-state index is 12.5. The predicted octanol–water partition coefficient (Wildman–Crippen LogP) is 2.16. The van der Waals surface area contributed by atoms with Gasteiger partial charge in [0.05, 0.1) is 11.8 Å². The fraction of sp³-hybridized carbons (Fsp3) is 0.240. The molecular formula is C25H24N2O7. The van der Waals surface area contributed by atoms with Crippen molar-refractivity contribution in [1.82, 2.24) is 9.55 Å². The van der Waals surface area contributed by atoms with Crippen LogP contribution < -0.4 is 11.2 Å². The summed E-state index contributed by atoms with van der Waals surface area (Å²) in [5.74, 6) is -0.586. The highest BCUT2D eigenvalue weighted by Gasteiger charge is 2.47. The normalized spacial score (nSPS) is 21.7. The van der Waals surface area contributed by atoms with Crippen molar-refractivity contribution >= 4 is 5.97 Å². The van der Waals surface area contributed by atoms with Crippen LogP contribution in [0.2, 0.25) is 0 Å². The summed E-state index contributed by atoms with van der Waals surface area (Å²) in [4.78, 5) is 38.7. The average Bonchev–Trinajstić information content (AvgIpc) is 3.15. The van der Waals surface area contributed by atoms with Crippen LogP contribution in [0.15, 0.2) is 83.2 Å². The highest BCUT2D eigenvalue weighted by Crippen LogP contribution is 2.31. The molecule has 9 nitrogen and oxygen atoms in total. The number of ether oxygens (including phenoxy) is 3. The zero-order chi connectivity index (χ0) is 24.2. The number of rotatable bonds is 7. The Morgan fingerprint density at radius 3 is 2.50 bits per heavy atom. The zero-order valence-electron chi connectivity index (χ0n) is 18.4. The van der Waals surface area contributed by atoms with Gasteiger partial charge in [-0.1, -0.05) is 49.0 Å². The molecule has 4 atom stereocenters. The molecule has 1 aromatic heterocycles. The number of aromatic amines is 1. The Labute approximate surface area is 194 Å². The van der Waals surface area contributed by atoms with Crippen LogP contribution in [-0.4, -0.2) is 45.5 Å². The van der Waals surface area contributed by atoms with E-state index in [1.165, 1.54) is 13.1 Å². The van der Waals surface area contributed by atoms with Gasteiger partial charge in [-0.05, 0) is 30.2 Å². The van der Waals surface area contributed by atoms with Gasteiger partial charge in [0, 0.05) is 11.8 Å². The second-order valence-corrected chi connectivity index (χ2v) is 7.84. The second-order valence-electron chi connectivity index (χ2n) is 7.84. The molecule has 1 fully saturated rings. The maximum Gasteiger partial charge on any atom is 0.338 e. The molecule has 1 aliphatic heterocycles. The van der Waals surface area contributed by atoms with Gasteiger partial charge in [-0.25, -0.2) is 9.59 Å². The van der Waals surface area contributed by atoms with Gasteiger partial charge in [-0.15, -0.1) is 0 Å². The van der Waals surface area contributed by atoms with E-state index < -0.39 is 41.8 Å². The molecule has 1 saturated heterocycles. The van der Waals surface area contributed by atoms with E-state index in [0.717, 1.165) is 22.0 Å². The first-order valence-corrected chi connectivity index (χ1v) is 10.6. The number of nitrogens with one attached hydrogen (secondary N) is 1. The molecule has 2 N–H and O–H groups in total. The van der Waals surface area contributed by atoms with Gasteiger partial charge >= 0.3 is 11.7 Å². The minimum Gasteiger partial charge on any atom is -0.491 e. The molecule has 3 aromatic rings. The minimum atomic E-state index is -1.23. The summed E-state index contributed by atoms with van der Waals surface area (Å²) in [6, 6.07) is 16.7. The SMILES string of the molecule is C=CO[C@@H]1[C@H](O)[C@@H](COC(=O)c2ccc(-c3ccccc3)cc2)O[C@H]1n1cc(C)c(=O)[nH]c1=O. The number of carbonyl (C=O) groups excluding carboxylic acids is 1. The monoisotopic (exact) mass is 464 g/mol. The molecule has 176 valence electrons. The van der Waals surface area contributed by atoms with Gasteiger partial charge in [0.15, 0.2) is 12.3 Å². The summed E-state index contributed by atoms with van der Waals surface area (Å²) in [5.41, 5.74) is 1.36. The van der Waals surface area contributed by atoms with Gasteiger partial charge in [-0.3, -0.25) is 14.3 Å². The number of H-pyrrole nitrogens is 1. The molecule has 0 bridgehead atoms. The van der Waals surface area contributed by atoms with Crippen molar-refractivity contribution in [1.29, 1.82) is 0 Å². The van der Waals surface area contributed by atoms with E-state index in [1.54, 1.807) is 12.1 Å². The van der Waals surface area contributed by atoms with Crippen LogP contribution in [0.1, 0.15) is 22.1 Å². The zero-order valence-corrected chi connectivity index (χ0v) is 18.4. The number of nitrogens with zero attached hydrogens (tertiary/aromatic N) is 1. The van der Waals surface area contributed by atoms with Gasteiger partial charge in [0.25, 0.3) is 5.56 Å². The van der Waals surface area contributed by atoms with Crippen LogP contribution in [0.5, 0.6) is 0 Å². The summed E-state index contributed by atoms with van der Waals surface area (Å²) in [7, 11) is 0. The van der Waals surface area contributed by atoms with E-state index in [9.17, 15) is 19.5 Å².